The summed E-state index contributed by atoms with van der Waals surface area (Å²) in [6.45, 7) is 5.70. The fraction of sp³-hybridized carbons (Fsp3) is 0.667. The number of rotatable bonds is 4. The van der Waals surface area contributed by atoms with Crippen LogP contribution in [-0.2, 0) is 0 Å². The highest BCUT2D eigenvalue weighted by Crippen LogP contribution is 2.31. The van der Waals surface area contributed by atoms with Crippen LogP contribution in [0.3, 0.4) is 0 Å². The van der Waals surface area contributed by atoms with Crippen LogP contribution >= 0.6 is 0 Å². The van der Waals surface area contributed by atoms with Crippen LogP contribution in [0.5, 0.6) is 5.88 Å². The second-order valence-corrected chi connectivity index (χ2v) is 4.87. The Labute approximate surface area is 107 Å². The summed E-state index contributed by atoms with van der Waals surface area (Å²) >= 11 is 0. The van der Waals surface area contributed by atoms with E-state index in [0.29, 0.717) is 23.3 Å². The van der Waals surface area contributed by atoms with Crippen molar-refractivity contribution >= 4 is 11.5 Å². The summed E-state index contributed by atoms with van der Waals surface area (Å²) in [7, 11) is 0. The van der Waals surface area contributed by atoms with Gasteiger partial charge >= 0.3 is 0 Å². The molecule has 100 valence electrons. The van der Waals surface area contributed by atoms with Gasteiger partial charge in [-0.3, -0.25) is 0 Å². The Kier molecular flexibility index (Phi) is 3.86. The molecule has 2 heterocycles. The summed E-state index contributed by atoms with van der Waals surface area (Å²) in [6.07, 6.45) is 2.45. The number of hydrogen-bond donors (Lipinski definition) is 2. The topological polar surface area (TPSA) is 84.5 Å². The van der Waals surface area contributed by atoms with E-state index in [9.17, 15) is 0 Å². The van der Waals surface area contributed by atoms with Crippen molar-refractivity contribution in [2.24, 2.45) is 5.92 Å². The zero-order chi connectivity index (χ0) is 13.1. The predicted octanol–water partition coefficient (Wildman–Crippen LogP) is 0.665. The third-order valence-corrected chi connectivity index (χ3v) is 3.02. The summed E-state index contributed by atoms with van der Waals surface area (Å²) in [5.41, 5.74) is 6.52. The first kappa shape index (κ1) is 12.9. The highest BCUT2D eigenvalue weighted by Gasteiger charge is 2.25. The van der Waals surface area contributed by atoms with E-state index in [1.54, 1.807) is 0 Å². The number of nitrogens with two attached hydrogens (primary N) is 1. The molecule has 1 atom stereocenters. The molecule has 0 bridgehead atoms. The summed E-state index contributed by atoms with van der Waals surface area (Å²) in [6, 6.07) is 0. The maximum absolute atomic E-state index is 9.16. The van der Waals surface area contributed by atoms with Crippen molar-refractivity contribution in [1.29, 1.82) is 0 Å². The average Bonchev–Trinajstić information content (AvgIpc) is 2.80. The molecule has 0 radical (unpaired) electrons. The first-order valence-corrected chi connectivity index (χ1v) is 6.24. The van der Waals surface area contributed by atoms with Crippen LogP contribution in [0, 0.1) is 5.92 Å². The van der Waals surface area contributed by atoms with Crippen LogP contribution in [0.25, 0.3) is 0 Å². The van der Waals surface area contributed by atoms with Crippen LogP contribution in [-0.4, -0.2) is 40.9 Å². The number of hydrogen-bond acceptors (Lipinski definition) is 6. The van der Waals surface area contributed by atoms with Crippen molar-refractivity contribution in [3.05, 3.63) is 6.33 Å². The molecule has 2 rings (SSSR count). The largest absolute Gasteiger partial charge is 0.473 e. The Hall–Kier alpha value is -1.56. The predicted molar refractivity (Wildman–Crippen MR) is 69.6 cm³/mol. The summed E-state index contributed by atoms with van der Waals surface area (Å²) in [4.78, 5) is 10.4. The third-order valence-electron chi connectivity index (χ3n) is 3.02. The van der Waals surface area contributed by atoms with Crippen LogP contribution < -0.4 is 15.4 Å². The lowest BCUT2D eigenvalue weighted by atomic mass is 10.1. The smallest absolute Gasteiger partial charge is 0.242 e. The molecular formula is C12H20N4O2. The van der Waals surface area contributed by atoms with E-state index in [1.165, 1.54) is 6.33 Å². The Balaban J connectivity index is 2.18. The van der Waals surface area contributed by atoms with E-state index >= 15 is 0 Å². The molecular weight excluding hydrogens is 232 g/mol. The first-order chi connectivity index (χ1) is 8.61. The molecule has 18 heavy (non-hydrogen) atoms. The highest BCUT2D eigenvalue weighted by atomic mass is 16.5. The molecule has 6 nitrogen and oxygen atoms in total. The van der Waals surface area contributed by atoms with Crippen molar-refractivity contribution in [3.8, 4) is 5.88 Å². The lowest BCUT2D eigenvalue weighted by Gasteiger charge is -2.20. The molecule has 3 N–H and O–H groups in total. The van der Waals surface area contributed by atoms with E-state index in [4.69, 9.17) is 15.6 Å². The zero-order valence-electron chi connectivity index (χ0n) is 10.8. The number of aliphatic hydroxyl groups is 1. The minimum absolute atomic E-state index is 0.0267. The zero-order valence-corrected chi connectivity index (χ0v) is 10.8. The molecule has 0 amide bonds. The maximum atomic E-state index is 9.16. The van der Waals surface area contributed by atoms with E-state index < -0.39 is 0 Å². The second kappa shape index (κ2) is 5.39. The van der Waals surface area contributed by atoms with Gasteiger partial charge in [0, 0.05) is 25.6 Å². The van der Waals surface area contributed by atoms with Crippen molar-refractivity contribution in [1.82, 2.24) is 9.97 Å². The quantitative estimate of drug-likeness (QED) is 0.819. The molecule has 0 spiro atoms. The van der Waals surface area contributed by atoms with Gasteiger partial charge in [-0.05, 0) is 20.3 Å². The molecule has 1 aromatic rings. The van der Waals surface area contributed by atoms with E-state index in [0.717, 1.165) is 19.5 Å². The van der Waals surface area contributed by atoms with Crippen molar-refractivity contribution in [2.45, 2.75) is 26.4 Å². The third kappa shape index (κ3) is 2.64. The molecule has 1 saturated heterocycles. The first-order valence-electron chi connectivity index (χ1n) is 6.24. The number of nitrogen functional groups attached to an aromatic ring is 1. The average molecular weight is 252 g/mol. The molecule has 1 aromatic heterocycles. The van der Waals surface area contributed by atoms with Crippen LogP contribution in [0.15, 0.2) is 6.33 Å². The van der Waals surface area contributed by atoms with Crippen LogP contribution in [0.4, 0.5) is 11.5 Å². The van der Waals surface area contributed by atoms with Gasteiger partial charge in [-0.15, -0.1) is 0 Å². The van der Waals surface area contributed by atoms with Gasteiger partial charge in [-0.1, -0.05) is 0 Å². The highest BCUT2D eigenvalue weighted by molar-refractivity contribution is 5.68. The summed E-state index contributed by atoms with van der Waals surface area (Å²) in [5.74, 6) is 1.44. The van der Waals surface area contributed by atoms with Crippen molar-refractivity contribution < 1.29 is 9.84 Å². The SMILES string of the molecule is CC(C)Oc1ncnc(N2CCC(CO)C2)c1N. The fourth-order valence-electron chi connectivity index (χ4n) is 2.11. The standard InChI is InChI=1S/C12H20N4O2/c1-8(2)18-12-10(13)11(14-7-15-12)16-4-3-9(5-16)6-17/h7-9,17H,3-6,13H2,1-2H3. The molecule has 6 heteroatoms. The minimum Gasteiger partial charge on any atom is -0.473 e. The number of nitrogens with zero attached hydrogens (tertiary/aromatic N) is 3. The monoisotopic (exact) mass is 252 g/mol. The van der Waals surface area contributed by atoms with Crippen molar-refractivity contribution in [2.75, 3.05) is 30.3 Å². The number of aliphatic hydroxyl groups excluding tert-OH is 1. The second-order valence-electron chi connectivity index (χ2n) is 4.87. The molecule has 0 aliphatic carbocycles. The lowest BCUT2D eigenvalue weighted by Crippen LogP contribution is -2.23. The van der Waals surface area contributed by atoms with Gasteiger partial charge in [-0.25, -0.2) is 4.98 Å². The van der Waals surface area contributed by atoms with Crippen LogP contribution in [0.1, 0.15) is 20.3 Å². The van der Waals surface area contributed by atoms with E-state index in [-0.39, 0.29) is 12.7 Å². The summed E-state index contributed by atoms with van der Waals surface area (Å²) in [5, 5.41) is 9.16. The van der Waals surface area contributed by atoms with Gasteiger partial charge in [0.2, 0.25) is 5.88 Å². The van der Waals surface area contributed by atoms with Gasteiger partial charge in [0.25, 0.3) is 0 Å². The normalized spacial score (nSPS) is 19.6. The number of anilines is 2. The van der Waals surface area contributed by atoms with Gasteiger partial charge in [0.15, 0.2) is 5.82 Å². The Morgan fingerprint density at radius 3 is 2.94 bits per heavy atom. The summed E-state index contributed by atoms with van der Waals surface area (Å²) < 4.78 is 5.55. The number of aromatic nitrogens is 2. The number of ether oxygens (including phenoxy) is 1. The minimum atomic E-state index is 0.0267. The Bertz CT molecular complexity index is 411. The van der Waals surface area contributed by atoms with Crippen molar-refractivity contribution in [3.63, 3.8) is 0 Å². The molecule has 1 unspecified atom stereocenters. The van der Waals surface area contributed by atoms with Crippen LogP contribution in [0.2, 0.25) is 0 Å². The maximum Gasteiger partial charge on any atom is 0.242 e. The Morgan fingerprint density at radius 1 is 1.56 bits per heavy atom. The fourth-order valence-corrected chi connectivity index (χ4v) is 2.11. The van der Waals surface area contributed by atoms with E-state index in [2.05, 4.69) is 14.9 Å². The molecule has 1 aliphatic rings. The molecule has 1 fully saturated rings. The van der Waals surface area contributed by atoms with Gasteiger partial charge in [-0.2, -0.15) is 4.98 Å². The van der Waals surface area contributed by atoms with Gasteiger partial charge in [0.05, 0.1) is 6.10 Å². The lowest BCUT2D eigenvalue weighted by molar-refractivity contribution is 0.234. The molecule has 1 aliphatic heterocycles. The van der Waals surface area contributed by atoms with E-state index in [1.807, 2.05) is 13.8 Å². The Morgan fingerprint density at radius 2 is 2.33 bits per heavy atom. The molecule has 0 aromatic carbocycles. The van der Waals surface area contributed by atoms with Gasteiger partial charge in [0.1, 0.15) is 12.0 Å². The van der Waals surface area contributed by atoms with Gasteiger partial charge < -0.3 is 20.5 Å². The molecule has 0 saturated carbocycles.